The quantitative estimate of drug-likeness (QED) is 0.642. The minimum Gasteiger partial charge on any atom is -0.507 e. The minimum atomic E-state index is 0.298. The van der Waals surface area contributed by atoms with Gasteiger partial charge in [-0.3, -0.25) is 9.98 Å². The van der Waals surface area contributed by atoms with Gasteiger partial charge < -0.3 is 5.11 Å². The number of rotatable bonds is 0. The predicted molar refractivity (Wildman–Crippen MR) is 53.5 cm³/mol. The maximum absolute atomic E-state index is 9.94. The second-order valence-corrected chi connectivity index (χ2v) is 3.30. The van der Waals surface area contributed by atoms with E-state index in [9.17, 15) is 5.11 Å². The molecule has 0 fully saturated rings. The van der Waals surface area contributed by atoms with E-state index < -0.39 is 0 Å². The third kappa shape index (κ3) is 0.865. The zero-order chi connectivity index (χ0) is 9.54. The fourth-order valence-electron chi connectivity index (χ4n) is 1.79. The summed E-state index contributed by atoms with van der Waals surface area (Å²) in [4.78, 5) is 8.27. The molecule has 0 radical (unpaired) electrons. The lowest BCUT2D eigenvalue weighted by Gasteiger charge is -1.99. The molecule has 0 atom stereocenters. The molecule has 1 N–H and O–H groups in total. The molecule has 14 heavy (non-hydrogen) atoms. The Bertz CT molecular complexity index is 632. The van der Waals surface area contributed by atoms with E-state index in [1.54, 1.807) is 12.4 Å². The lowest BCUT2D eigenvalue weighted by atomic mass is 10.1. The summed E-state index contributed by atoms with van der Waals surface area (Å²) >= 11 is 0. The monoisotopic (exact) mass is 184 g/mol. The van der Waals surface area contributed by atoms with Gasteiger partial charge in [-0.2, -0.15) is 0 Å². The van der Waals surface area contributed by atoms with Crippen LogP contribution in [0.2, 0.25) is 0 Å². The molecule has 3 nitrogen and oxygen atoms in total. The van der Waals surface area contributed by atoms with Gasteiger partial charge in [-0.15, -0.1) is 0 Å². The highest BCUT2D eigenvalue weighted by Gasteiger charge is 2.05. The SMILES string of the molecule is Oc1c2c(cc3ccncc13)=NCC=2. The number of aromatic nitrogens is 1. The van der Waals surface area contributed by atoms with Crippen LogP contribution in [0, 0.1) is 0 Å². The van der Waals surface area contributed by atoms with Crippen LogP contribution in [0.1, 0.15) is 0 Å². The zero-order valence-corrected chi connectivity index (χ0v) is 7.44. The summed E-state index contributed by atoms with van der Waals surface area (Å²) < 4.78 is 0. The van der Waals surface area contributed by atoms with Gasteiger partial charge in [-0.25, -0.2) is 0 Å². The van der Waals surface area contributed by atoms with Crippen molar-refractivity contribution in [2.75, 3.05) is 6.54 Å². The van der Waals surface area contributed by atoms with Gasteiger partial charge in [-0.05, 0) is 17.5 Å². The Morgan fingerprint density at radius 2 is 2.29 bits per heavy atom. The van der Waals surface area contributed by atoms with Crippen molar-refractivity contribution in [3.63, 3.8) is 0 Å². The molecule has 0 spiro atoms. The average Bonchev–Trinajstić information content (AvgIpc) is 2.66. The number of benzene rings is 1. The highest BCUT2D eigenvalue weighted by molar-refractivity contribution is 5.87. The number of hydrogen-bond donors (Lipinski definition) is 1. The lowest BCUT2D eigenvalue weighted by molar-refractivity contribution is 0.476. The molecule has 3 rings (SSSR count). The fourth-order valence-corrected chi connectivity index (χ4v) is 1.79. The smallest absolute Gasteiger partial charge is 0.134 e. The van der Waals surface area contributed by atoms with Gasteiger partial charge in [0.15, 0.2) is 0 Å². The Kier molecular flexibility index (Phi) is 1.36. The van der Waals surface area contributed by atoms with Crippen molar-refractivity contribution in [3.8, 4) is 5.75 Å². The van der Waals surface area contributed by atoms with Crippen LogP contribution in [0.4, 0.5) is 0 Å². The summed E-state index contributed by atoms with van der Waals surface area (Å²) in [6.07, 6.45) is 5.32. The van der Waals surface area contributed by atoms with Crippen molar-refractivity contribution in [1.29, 1.82) is 0 Å². The van der Waals surface area contributed by atoms with Gasteiger partial charge in [0.25, 0.3) is 0 Å². The molecule has 0 aliphatic carbocycles. The van der Waals surface area contributed by atoms with E-state index in [1.807, 2.05) is 18.2 Å². The highest BCUT2D eigenvalue weighted by atomic mass is 16.3. The zero-order valence-electron chi connectivity index (χ0n) is 7.44. The number of fused-ring (bicyclic) bond motifs is 2. The number of pyridine rings is 1. The van der Waals surface area contributed by atoms with Crippen LogP contribution < -0.4 is 10.6 Å². The molecule has 2 aromatic rings. The van der Waals surface area contributed by atoms with E-state index in [4.69, 9.17) is 0 Å². The van der Waals surface area contributed by atoms with Gasteiger partial charge in [0, 0.05) is 23.0 Å². The number of hydrogen-bond acceptors (Lipinski definition) is 3. The first-order valence-electron chi connectivity index (χ1n) is 4.46. The normalized spacial score (nSPS) is 13.4. The first-order valence-corrected chi connectivity index (χ1v) is 4.46. The van der Waals surface area contributed by atoms with Gasteiger partial charge >= 0.3 is 0 Å². The van der Waals surface area contributed by atoms with Crippen molar-refractivity contribution in [1.82, 2.24) is 4.98 Å². The summed E-state index contributed by atoms with van der Waals surface area (Å²) in [7, 11) is 0. The van der Waals surface area contributed by atoms with Crippen LogP contribution in [0.25, 0.3) is 16.8 Å². The number of phenols is 1. The Balaban J connectivity index is 2.65. The van der Waals surface area contributed by atoms with Crippen LogP contribution in [0.15, 0.2) is 29.5 Å². The van der Waals surface area contributed by atoms with E-state index in [2.05, 4.69) is 9.98 Å². The van der Waals surface area contributed by atoms with Crippen molar-refractivity contribution in [2.24, 2.45) is 4.99 Å². The molecule has 0 amide bonds. The van der Waals surface area contributed by atoms with Crippen LogP contribution in [-0.2, 0) is 0 Å². The molecule has 1 aliphatic heterocycles. The van der Waals surface area contributed by atoms with Gasteiger partial charge in [0.1, 0.15) is 5.75 Å². The standard InChI is InChI=1S/C11H8N2O/c14-11-8-2-4-13-10(8)5-7-1-3-12-6-9(7)11/h1-3,5-6,14H,4H2. The second kappa shape index (κ2) is 2.54. The first kappa shape index (κ1) is 7.50. The number of aromatic hydroxyl groups is 1. The molecule has 1 aromatic heterocycles. The fraction of sp³-hybridized carbons (Fsp3) is 0.0909. The lowest BCUT2D eigenvalue weighted by Crippen LogP contribution is -2.21. The summed E-state index contributed by atoms with van der Waals surface area (Å²) in [6.45, 7) is 0.659. The van der Waals surface area contributed by atoms with Gasteiger partial charge in [0.05, 0.1) is 11.9 Å². The Morgan fingerprint density at radius 1 is 1.36 bits per heavy atom. The molecule has 2 heterocycles. The minimum absolute atomic E-state index is 0.298. The molecule has 1 aliphatic rings. The predicted octanol–water partition coefficient (Wildman–Crippen LogP) is 0.354. The molecule has 0 bridgehead atoms. The van der Waals surface area contributed by atoms with Gasteiger partial charge in [0.2, 0.25) is 0 Å². The maximum Gasteiger partial charge on any atom is 0.134 e. The van der Waals surface area contributed by atoms with E-state index in [0.717, 1.165) is 21.3 Å². The molecule has 1 aromatic carbocycles. The highest BCUT2D eigenvalue weighted by Crippen LogP contribution is 2.17. The maximum atomic E-state index is 9.94. The summed E-state index contributed by atoms with van der Waals surface area (Å²) in [5, 5.41) is 13.4. The van der Waals surface area contributed by atoms with Crippen molar-refractivity contribution < 1.29 is 5.11 Å². The van der Waals surface area contributed by atoms with Crippen LogP contribution in [0.5, 0.6) is 5.75 Å². The molecular weight excluding hydrogens is 176 g/mol. The summed E-state index contributed by atoms with van der Waals surface area (Å²) in [5.41, 5.74) is 0. The Labute approximate surface area is 80.1 Å². The topological polar surface area (TPSA) is 45.5 Å². The Hall–Kier alpha value is -1.90. The van der Waals surface area contributed by atoms with Crippen LogP contribution in [0.3, 0.4) is 0 Å². The molecule has 3 heteroatoms. The summed E-state index contributed by atoms with van der Waals surface area (Å²) in [5.74, 6) is 0.298. The first-order chi connectivity index (χ1) is 6.86. The van der Waals surface area contributed by atoms with Crippen molar-refractivity contribution >= 4 is 16.8 Å². The third-order valence-corrected chi connectivity index (χ3v) is 2.49. The molecular formula is C11H8N2O. The molecule has 0 saturated heterocycles. The summed E-state index contributed by atoms with van der Waals surface area (Å²) in [6, 6.07) is 3.86. The van der Waals surface area contributed by atoms with Crippen LogP contribution >= 0.6 is 0 Å². The van der Waals surface area contributed by atoms with E-state index in [-0.39, 0.29) is 0 Å². The Morgan fingerprint density at radius 3 is 3.21 bits per heavy atom. The number of phenolic OH excluding ortho intramolecular Hbond substituents is 1. The second-order valence-electron chi connectivity index (χ2n) is 3.30. The number of nitrogens with zero attached hydrogens (tertiary/aromatic N) is 2. The van der Waals surface area contributed by atoms with Gasteiger partial charge in [-0.1, -0.05) is 6.08 Å². The third-order valence-electron chi connectivity index (χ3n) is 2.49. The molecule has 68 valence electrons. The average molecular weight is 184 g/mol. The van der Waals surface area contributed by atoms with Crippen LogP contribution in [-0.4, -0.2) is 16.6 Å². The van der Waals surface area contributed by atoms with Crippen molar-refractivity contribution in [3.05, 3.63) is 35.1 Å². The van der Waals surface area contributed by atoms with E-state index in [0.29, 0.717) is 12.3 Å². The van der Waals surface area contributed by atoms with Crippen molar-refractivity contribution in [2.45, 2.75) is 0 Å². The molecule has 0 unspecified atom stereocenters. The largest absolute Gasteiger partial charge is 0.507 e. The molecule has 0 saturated carbocycles. The van der Waals surface area contributed by atoms with E-state index >= 15 is 0 Å². The van der Waals surface area contributed by atoms with E-state index in [1.165, 1.54) is 0 Å².